The van der Waals surface area contributed by atoms with E-state index in [0.717, 1.165) is 4.90 Å². The topological polar surface area (TPSA) is 111 Å². The Morgan fingerprint density at radius 3 is 2.42 bits per heavy atom. The molecule has 2 aliphatic heterocycles. The van der Waals surface area contributed by atoms with Gasteiger partial charge in [0.1, 0.15) is 13.2 Å². The second kappa shape index (κ2) is 8.79. The molecule has 3 atom stereocenters. The number of rotatable bonds is 6. The van der Waals surface area contributed by atoms with Crippen molar-refractivity contribution in [2.45, 2.75) is 32.3 Å². The molecule has 1 fully saturated rings. The molecule has 1 aromatic rings. The van der Waals surface area contributed by atoms with Crippen molar-refractivity contribution >= 4 is 29.4 Å². The first-order chi connectivity index (χ1) is 14.9. The molecule has 3 amide bonds. The second-order valence-corrected chi connectivity index (χ2v) is 7.71. The van der Waals surface area contributed by atoms with E-state index in [9.17, 15) is 19.2 Å². The summed E-state index contributed by atoms with van der Waals surface area (Å²) in [5, 5.41) is 2.66. The molecular weight excluding hydrogens is 404 g/mol. The number of nitrogens with zero attached hydrogens (tertiary/aromatic N) is 1. The first kappa shape index (κ1) is 20.9. The van der Waals surface area contributed by atoms with Crippen LogP contribution >= 0.6 is 0 Å². The smallest absolute Gasteiger partial charge is 0.308 e. The van der Waals surface area contributed by atoms with Crippen LogP contribution in [0.25, 0.3) is 0 Å². The maximum atomic E-state index is 12.4. The summed E-state index contributed by atoms with van der Waals surface area (Å²) in [7, 11) is 0. The van der Waals surface area contributed by atoms with Gasteiger partial charge in [-0.15, -0.1) is 0 Å². The van der Waals surface area contributed by atoms with Crippen LogP contribution in [0.2, 0.25) is 0 Å². The number of allylic oxidation sites excluding steroid dienone is 2. The van der Waals surface area contributed by atoms with E-state index in [1.165, 1.54) is 6.92 Å². The largest absolute Gasteiger partial charge is 0.486 e. The van der Waals surface area contributed by atoms with E-state index in [-0.39, 0.29) is 36.6 Å². The molecule has 0 saturated carbocycles. The highest BCUT2D eigenvalue weighted by Gasteiger charge is 2.47. The summed E-state index contributed by atoms with van der Waals surface area (Å²) >= 11 is 0. The van der Waals surface area contributed by atoms with E-state index in [1.54, 1.807) is 18.2 Å². The van der Waals surface area contributed by atoms with E-state index in [4.69, 9.17) is 14.2 Å². The van der Waals surface area contributed by atoms with Crippen LogP contribution in [-0.4, -0.2) is 54.5 Å². The molecule has 1 aliphatic carbocycles. The highest BCUT2D eigenvalue weighted by atomic mass is 16.6. The zero-order valence-corrected chi connectivity index (χ0v) is 17.2. The molecule has 4 rings (SSSR count). The lowest BCUT2D eigenvalue weighted by molar-refractivity contribution is -0.154. The minimum Gasteiger partial charge on any atom is -0.486 e. The lowest BCUT2D eigenvalue weighted by Crippen LogP contribution is -2.35. The van der Waals surface area contributed by atoms with Crippen molar-refractivity contribution in [3.05, 3.63) is 30.4 Å². The number of fused-ring (bicyclic) bond motifs is 2. The number of amides is 3. The fraction of sp³-hybridized carbons (Fsp3) is 0.455. The van der Waals surface area contributed by atoms with Gasteiger partial charge in [0.05, 0.1) is 18.3 Å². The number of carbonyl (C=O) groups excluding carboxylic acids is 4. The number of nitrogens with one attached hydrogen (secondary N) is 1. The van der Waals surface area contributed by atoms with Crippen LogP contribution in [0.1, 0.15) is 26.2 Å². The maximum absolute atomic E-state index is 12.4. The van der Waals surface area contributed by atoms with Crippen LogP contribution in [0.3, 0.4) is 0 Å². The summed E-state index contributed by atoms with van der Waals surface area (Å²) in [5.41, 5.74) is 0.488. The summed E-state index contributed by atoms with van der Waals surface area (Å²) in [6.45, 7) is 2.31. The van der Waals surface area contributed by atoms with E-state index >= 15 is 0 Å². The predicted molar refractivity (Wildman–Crippen MR) is 108 cm³/mol. The molecule has 0 unspecified atom stereocenters. The van der Waals surface area contributed by atoms with Crippen molar-refractivity contribution in [2.24, 2.45) is 11.8 Å². The van der Waals surface area contributed by atoms with Gasteiger partial charge in [-0.05, 0) is 31.9 Å². The molecule has 3 aliphatic rings. The molecule has 0 bridgehead atoms. The van der Waals surface area contributed by atoms with Gasteiger partial charge in [-0.3, -0.25) is 24.1 Å². The summed E-state index contributed by atoms with van der Waals surface area (Å²) in [6, 6.07) is 5.00. The molecule has 0 radical (unpaired) electrons. The fourth-order valence-corrected chi connectivity index (χ4v) is 3.97. The average molecular weight is 428 g/mol. The van der Waals surface area contributed by atoms with Crippen LogP contribution in [-0.2, 0) is 23.9 Å². The predicted octanol–water partition coefficient (Wildman–Crippen LogP) is 1.67. The van der Waals surface area contributed by atoms with Gasteiger partial charge in [0.25, 0.3) is 5.91 Å². The van der Waals surface area contributed by atoms with Crippen molar-refractivity contribution in [3.8, 4) is 11.5 Å². The monoisotopic (exact) mass is 428 g/mol. The molecule has 0 aromatic heterocycles. The summed E-state index contributed by atoms with van der Waals surface area (Å²) in [4.78, 5) is 50.6. The normalized spacial score (nSPS) is 22.7. The Morgan fingerprint density at radius 2 is 1.74 bits per heavy atom. The van der Waals surface area contributed by atoms with Crippen LogP contribution < -0.4 is 14.8 Å². The number of hydrogen-bond acceptors (Lipinski definition) is 7. The summed E-state index contributed by atoms with van der Waals surface area (Å²) in [6.07, 6.45) is 3.71. The summed E-state index contributed by atoms with van der Waals surface area (Å²) in [5.74, 6) is -1.16. The maximum Gasteiger partial charge on any atom is 0.308 e. The van der Waals surface area contributed by atoms with Crippen LogP contribution in [0.4, 0.5) is 5.69 Å². The van der Waals surface area contributed by atoms with E-state index in [1.807, 2.05) is 12.2 Å². The van der Waals surface area contributed by atoms with Gasteiger partial charge < -0.3 is 19.5 Å². The standard InChI is InChI=1S/C22H24N2O7/c1-13(20(26)23-14-6-7-17-18(12-14)30-11-10-29-17)31-19(25)8-9-24-21(27)15-4-2-3-5-16(15)22(24)28/h2-3,6-7,12-13,15-16H,4-5,8-11H2,1H3,(H,23,26)/t13-,15-,16-/m0/s1. The molecule has 9 heteroatoms. The fourth-order valence-electron chi connectivity index (χ4n) is 3.97. The van der Waals surface area contributed by atoms with Crippen LogP contribution in [0, 0.1) is 11.8 Å². The Balaban J connectivity index is 1.26. The summed E-state index contributed by atoms with van der Waals surface area (Å²) < 4.78 is 16.1. The van der Waals surface area contributed by atoms with Crippen molar-refractivity contribution in [1.29, 1.82) is 0 Å². The number of benzene rings is 1. The Bertz CT molecular complexity index is 916. The third-order valence-corrected chi connectivity index (χ3v) is 5.63. The average Bonchev–Trinajstić information content (AvgIpc) is 3.02. The molecular formula is C22H24N2O7. The first-order valence-corrected chi connectivity index (χ1v) is 10.3. The zero-order valence-electron chi connectivity index (χ0n) is 17.2. The Kier molecular flexibility index (Phi) is 5.92. The number of likely N-dealkylation sites (tertiary alicyclic amines) is 1. The van der Waals surface area contributed by atoms with Crippen LogP contribution in [0.15, 0.2) is 30.4 Å². The highest BCUT2D eigenvalue weighted by Crippen LogP contribution is 2.35. The molecule has 1 N–H and O–H groups in total. The van der Waals surface area contributed by atoms with E-state index < -0.39 is 18.0 Å². The molecule has 31 heavy (non-hydrogen) atoms. The lowest BCUT2D eigenvalue weighted by atomic mass is 9.85. The lowest BCUT2D eigenvalue weighted by Gasteiger charge is -2.19. The SMILES string of the molecule is C[C@H](OC(=O)CCN1C(=O)[C@H]2CC=CC[C@@H]2C1=O)C(=O)Nc1ccc2c(c1)OCCO2. The molecule has 9 nitrogen and oxygen atoms in total. The van der Waals surface area contributed by atoms with Crippen molar-refractivity contribution < 1.29 is 33.4 Å². The number of hydrogen-bond donors (Lipinski definition) is 1. The molecule has 164 valence electrons. The van der Waals surface area contributed by atoms with Gasteiger partial charge in [0, 0.05) is 18.3 Å². The minimum atomic E-state index is -1.04. The minimum absolute atomic E-state index is 0.0417. The second-order valence-electron chi connectivity index (χ2n) is 7.71. The first-order valence-electron chi connectivity index (χ1n) is 10.3. The van der Waals surface area contributed by atoms with Gasteiger partial charge >= 0.3 is 5.97 Å². The molecule has 1 saturated heterocycles. The van der Waals surface area contributed by atoms with E-state index in [0.29, 0.717) is 43.2 Å². The van der Waals surface area contributed by atoms with E-state index in [2.05, 4.69) is 5.32 Å². The Morgan fingerprint density at radius 1 is 1.10 bits per heavy atom. The highest BCUT2D eigenvalue weighted by molar-refractivity contribution is 6.05. The van der Waals surface area contributed by atoms with Gasteiger partial charge in [-0.25, -0.2) is 0 Å². The van der Waals surface area contributed by atoms with Gasteiger partial charge in [0.2, 0.25) is 11.8 Å². The van der Waals surface area contributed by atoms with Crippen molar-refractivity contribution in [3.63, 3.8) is 0 Å². The zero-order chi connectivity index (χ0) is 22.0. The third kappa shape index (κ3) is 4.40. The Hall–Kier alpha value is -3.36. The number of esters is 1. The number of carbonyl (C=O) groups is 4. The third-order valence-electron chi connectivity index (χ3n) is 5.63. The number of imide groups is 1. The molecule has 2 heterocycles. The number of anilines is 1. The number of ether oxygens (including phenoxy) is 3. The van der Waals surface area contributed by atoms with Crippen molar-refractivity contribution in [2.75, 3.05) is 25.1 Å². The Labute approximate surface area is 179 Å². The molecule has 1 aromatic carbocycles. The van der Waals surface area contributed by atoms with Crippen LogP contribution in [0.5, 0.6) is 11.5 Å². The van der Waals surface area contributed by atoms with Crippen molar-refractivity contribution in [1.82, 2.24) is 4.90 Å². The quantitative estimate of drug-likeness (QED) is 0.417. The van der Waals surface area contributed by atoms with Gasteiger partial charge in [0.15, 0.2) is 17.6 Å². The van der Waals surface area contributed by atoms with Gasteiger partial charge in [-0.2, -0.15) is 0 Å². The van der Waals surface area contributed by atoms with Gasteiger partial charge in [-0.1, -0.05) is 12.2 Å². The molecule has 0 spiro atoms.